The van der Waals surface area contributed by atoms with Crippen molar-refractivity contribution in [2.75, 3.05) is 13.2 Å². The average molecular weight is 368 g/mol. The van der Waals surface area contributed by atoms with E-state index in [9.17, 15) is 9.59 Å². The maximum atomic E-state index is 13.0. The highest BCUT2D eigenvalue weighted by molar-refractivity contribution is 5.88. The van der Waals surface area contributed by atoms with E-state index < -0.39 is 6.04 Å². The second-order valence-electron chi connectivity index (χ2n) is 6.44. The predicted octanol–water partition coefficient (Wildman–Crippen LogP) is 3.06. The van der Waals surface area contributed by atoms with Gasteiger partial charge in [-0.05, 0) is 24.0 Å². The Morgan fingerprint density at radius 3 is 2.26 bits per heavy atom. The van der Waals surface area contributed by atoms with Gasteiger partial charge in [-0.15, -0.1) is 0 Å². The van der Waals surface area contributed by atoms with Gasteiger partial charge in [0.05, 0.1) is 0 Å². The molecule has 0 fully saturated rings. The molecule has 2 rings (SSSR count). The second-order valence-corrected chi connectivity index (χ2v) is 6.44. The van der Waals surface area contributed by atoms with E-state index in [4.69, 9.17) is 5.11 Å². The van der Waals surface area contributed by atoms with Crippen LogP contribution < -0.4 is 5.32 Å². The number of hydrogen-bond acceptors (Lipinski definition) is 3. The Balaban J connectivity index is 2.35. The van der Waals surface area contributed by atoms with Gasteiger partial charge in [-0.25, -0.2) is 0 Å². The van der Waals surface area contributed by atoms with E-state index in [0.717, 1.165) is 17.5 Å². The number of carbonyl (C=O) groups is 2. The van der Waals surface area contributed by atoms with Gasteiger partial charge in [0.25, 0.3) is 0 Å². The number of aliphatic hydroxyl groups is 1. The average Bonchev–Trinajstić information content (AvgIpc) is 2.69. The molecule has 0 aliphatic rings. The summed E-state index contributed by atoms with van der Waals surface area (Å²) >= 11 is 0. The van der Waals surface area contributed by atoms with Crippen molar-refractivity contribution in [3.05, 3.63) is 71.8 Å². The van der Waals surface area contributed by atoms with Crippen molar-refractivity contribution in [3.63, 3.8) is 0 Å². The van der Waals surface area contributed by atoms with Gasteiger partial charge in [0.2, 0.25) is 11.8 Å². The summed E-state index contributed by atoms with van der Waals surface area (Å²) in [4.78, 5) is 27.5. The van der Waals surface area contributed by atoms with E-state index in [2.05, 4.69) is 5.32 Å². The maximum Gasteiger partial charge on any atom is 0.247 e. The Kier molecular flexibility index (Phi) is 8.52. The molecular formula is C22H28N2O3. The molecule has 0 saturated carbocycles. The lowest BCUT2D eigenvalue weighted by atomic mass is 10.0. The highest BCUT2D eigenvalue weighted by atomic mass is 16.3. The first-order valence-electron chi connectivity index (χ1n) is 9.44. The van der Waals surface area contributed by atoms with Crippen LogP contribution in [0.4, 0.5) is 0 Å². The molecule has 0 aromatic heterocycles. The first-order chi connectivity index (χ1) is 13.2. The summed E-state index contributed by atoms with van der Waals surface area (Å²) in [7, 11) is 0. The minimum absolute atomic E-state index is 0.0127. The highest BCUT2D eigenvalue weighted by Crippen LogP contribution is 2.25. The van der Waals surface area contributed by atoms with Crippen LogP contribution in [0.5, 0.6) is 0 Å². The molecule has 1 atom stereocenters. The number of carbonyl (C=O) groups excluding carboxylic acids is 2. The van der Waals surface area contributed by atoms with Crippen molar-refractivity contribution < 1.29 is 14.7 Å². The van der Waals surface area contributed by atoms with E-state index in [1.807, 2.05) is 67.6 Å². The van der Waals surface area contributed by atoms with E-state index in [-0.39, 0.29) is 18.4 Å². The summed E-state index contributed by atoms with van der Waals surface area (Å²) in [5, 5.41) is 11.8. The molecule has 0 aliphatic heterocycles. The number of aliphatic hydroxyl groups excluding tert-OH is 1. The van der Waals surface area contributed by atoms with Gasteiger partial charge in [-0.3, -0.25) is 9.59 Å². The fourth-order valence-electron chi connectivity index (χ4n) is 2.96. The standard InChI is InChI=1S/C22H28N2O3/c1-2-10-20(26)24(17-18-11-5-3-6-12-18)21(19-13-7-4-8-14-19)22(27)23-15-9-16-25/h3-8,11-14,21,25H,2,9-10,15-17H2,1H3,(H,23,27)/t21-/m1/s1. The molecule has 2 aromatic rings. The largest absolute Gasteiger partial charge is 0.396 e. The van der Waals surface area contributed by atoms with Crippen molar-refractivity contribution in [1.82, 2.24) is 10.2 Å². The molecule has 27 heavy (non-hydrogen) atoms. The van der Waals surface area contributed by atoms with E-state index in [0.29, 0.717) is 25.9 Å². The summed E-state index contributed by atoms with van der Waals surface area (Å²) in [6.07, 6.45) is 1.59. The fourth-order valence-corrected chi connectivity index (χ4v) is 2.96. The Labute approximate surface area is 161 Å². The minimum Gasteiger partial charge on any atom is -0.396 e. The summed E-state index contributed by atoms with van der Waals surface area (Å²) in [6, 6.07) is 18.4. The Hall–Kier alpha value is -2.66. The summed E-state index contributed by atoms with van der Waals surface area (Å²) in [5.41, 5.74) is 1.76. The lowest BCUT2D eigenvalue weighted by Gasteiger charge is -2.31. The van der Waals surface area contributed by atoms with Crippen molar-refractivity contribution in [1.29, 1.82) is 0 Å². The third-order valence-electron chi connectivity index (χ3n) is 4.29. The molecule has 2 aromatic carbocycles. The van der Waals surface area contributed by atoms with Crippen molar-refractivity contribution in [2.45, 2.75) is 38.8 Å². The van der Waals surface area contributed by atoms with Crippen LogP contribution in [0, 0.1) is 0 Å². The number of amides is 2. The quantitative estimate of drug-likeness (QED) is 0.633. The second kappa shape index (κ2) is 11.1. The minimum atomic E-state index is -0.704. The van der Waals surface area contributed by atoms with E-state index >= 15 is 0 Å². The third kappa shape index (κ3) is 6.22. The SMILES string of the molecule is CCCC(=O)N(Cc1ccccc1)[C@@H](C(=O)NCCCO)c1ccccc1. The molecule has 0 spiro atoms. The van der Waals surface area contributed by atoms with Gasteiger partial charge in [0.1, 0.15) is 6.04 Å². The van der Waals surface area contributed by atoms with Gasteiger partial charge < -0.3 is 15.3 Å². The van der Waals surface area contributed by atoms with Gasteiger partial charge >= 0.3 is 0 Å². The van der Waals surface area contributed by atoms with Gasteiger partial charge in [-0.2, -0.15) is 0 Å². The van der Waals surface area contributed by atoms with Crippen LogP contribution in [0.3, 0.4) is 0 Å². The molecule has 0 aliphatic carbocycles. The molecule has 144 valence electrons. The number of nitrogens with zero attached hydrogens (tertiary/aromatic N) is 1. The molecule has 0 bridgehead atoms. The third-order valence-corrected chi connectivity index (χ3v) is 4.29. The zero-order valence-electron chi connectivity index (χ0n) is 15.8. The van der Waals surface area contributed by atoms with Crippen LogP contribution in [0.2, 0.25) is 0 Å². The lowest BCUT2D eigenvalue weighted by Crippen LogP contribution is -2.43. The monoisotopic (exact) mass is 368 g/mol. The van der Waals surface area contributed by atoms with Crippen molar-refractivity contribution in [3.8, 4) is 0 Å². The van der Waals surface area contributed by atoms with E-state index in [1.54, 1.807) is 4.90 Å². The lowest BCUT2D eigenvalue weighted by molar-refractivity contribution is -0.141. The molecule has 0 unspecified atom stereocenters. The van der Waals surface area contributed by atoms with Crippen LogP contribution in [0.25, 0.3) is 0 Å². The van der Waals surface area contributed by atoms with Crippen LogP contribution in [0.15, 0.2) is 60.7 Å². The normalized spacial score (nSPS) is 11.6. The van der Waals surface area contributed by atoms with Gasteiger partial charge in [0.15, 0.2) is 0 Å². The number of nitrogens with one attached hydrogen (secondary N) is 1. The Morgan fingerprint density at radius 2 is 1.67 bits per heavy atom. The van der Waals surface area contributed by atoms with E-state index in [1.165, 1.54) is 0 Å². The summed E-state index contributed by atoms with van der Waals surface area (Å²) < 4.78 is 0. The predicted molar refractivity (Wildman–Crippen MR) is 106 cm³/mol. The molecule has 5 heteroatoms. The molecule has 2 N–H and O–H groups in total. The number of benzene rings is 2. The summed E-state index contributed by atoms with van der Waals surface area (Å²) in [5.74, 6) is -0.275. The van der Waals surface area contributed by atoms with Crippen molar-refractivity contribution >= 4 is 11.8 Å². The Bertz CT molecular complexity index is 704. The smallest absolute Gasteiger partial charge is 0.247 e. The van der Waals surface area contributed by atoms with Crippen molar-refractivity contribution in [2.24, 2.45) is 0 Å². The number of hydrogen-bond donors (Lipinski definition) is 2. The topological polar surface area (TPSA) is 69.6 Å². The van der Waals surface area contributed by atoms with Gasteiger partial charge in [0, 0.05) is 26.1 Å². The highest BCUT2D eigenvalue weighted by Gasteiger charge is 2.30. The molecule has 0 radical (unpaired) electrons. The molecule has 5 nitrogen and oxygen atoms in total. The maximum absolute atomic E-state index is 13.0. The zero-order valence-corrected chi connectivity index (χ0v) is 15.8. The zero-order chi connectivity index (χ0) is 19.5. The van der Waals surface area contributed by atoms with Crippen LogP contribution in [0.1, 0.15) is 43.4 Å². The fraction of sp³-hybridized carbons (Fsp3) is 0.364. The molecular weight excluding hydrogens is 340 g/mol. The molecule has 0 heterocycles. The number of rotatable bonds is 10. The van der Waals surface area contributed by atoms with Crippen LogP contribution in [-0.2, 0) is 16.1 Å². The molecule has 2 amide bonds. The van der Waals surface area contributed by atoms with Crippen LogP contribution in [-0.4, -0.2) is 35.0 Å². The van der Waals surface area contributed by atoms with Crippen LogP contribution >= 0.6 is 0 Å². The summed E-state index contributed by atoms with van der Waals surface area (Å²) in [6.45, 7) is 2.71. The first-order valence-corrected chi connectivity index (χ1v) is 9.44. The molecule has 0 saturated heterocycles. The first kappa shape index (κ1) is 20.6. The Morgan fingerprint density at radius 1 is 1.04 bits per heavy atom. The van der Waals surface area contributed by atoms with Gasteiger partial charge in [-0.1, -0.05) is 67.6 Å².